The summed E-state index contributed by atoms with van der Waals surface area (Å²) >= 11 is 4.28. The van der Waals surface area contributed by atoms with E-state index < -0.39 is 17.3 Å². The van der Waals surface area contributed by atoms with Crippen LogP contribution in [0, 0.1) is 5.82 Å². The number of benzene rings is 1. The monoisotopic (exact) mass is 498 g/mol. The molecule has 1 saturated heterocycles. The van der Waals surface area contributed by atoms with Crippen LogP contribution in [0.2, 0.25) is 0 Å². The van der Waals surface area contributed by atoms with Crippen molar-refractivity contribution in [3.05, 3.63) is 53.6 Å². The van der Waals surface area contributed by atoms with Crippen molar-refractivity contribution in [2.75, 3.05) is 32.9 Å². The predicted octanol–water partition coefficient (Wildman–Crippen LogP) is 0.843. The molecule has 160 valence electrons. The van der Waals surface area contributed by atoms with Crippen molar-refractivity contribution < 1.29 is 23.5 Å². The molecule has 2 aromatic rings. The second-order valence-electron chi connectivity index (χ2n) is 6.40. The number of hydrogen-bond donors (Lipinski definition) is 0. The molecule has 0 radical (unpaired) electrons. The summed E-state index contributed by atoms with van der Waals surface area (Å²) in [5.41, 5.74) is -0.256. The van der Waals surface area contributed by atoms with Gasteiger partial charge >= 0.3 is 5.97 Å². The number of rotatable bonds is 5. The number of aromatic nitrogens is 1. The molecule has 1 amide bonds. The molecular weight excluding hydrogens is 479 g/mol. The van der Waals surface area contributed by atoms with Gasteiger partial charge in [-0.25, -0.2) is 9.18 Å². The zero-order chi connectivity index (χ0) is 21.7. The fourth-order valence-electron chi connectivity index (χ4n) is 2.89. The largest absolute Gasteiger partial charge is 0.463 e. The van der Waals surface area contributed by atoms with Crippen LogP contribution in [0.15, 0.2) is 27.5 Å². The third-order valence-corrected chi connectivity index (χ3v) is 5.92. The third kappa shape index (κ3) is 5.44. The maximum Gasteiger partial charge on any atom is 0.333 e. The van der Waals surface area contributed by atoms with Crippen molar-refractivity contribution >= 4 is 51.3 Å². The molecule has 30 heavy (non-hydrogen) atoms. The molecule has 1 fully saturated rings. The molecule has 7 nitrogen and oxygen atoms in total. The topological polar surface area (TPSA) is 77.8 Å². The molecular formula is C20H20BrFN2O5S. The van der Waals surface area contributed by atoms with Gasteiger partial charge in [-0.1, -0.05) is 15.9 Å². The van der Waals surface area contributed by atoms with Gasteiger partial charge in [0.05, 0.1) is 30.4 Å². The Balaban J connectivity index is 2.06. The lowest BCUT2D eigenvalue weighted by molar-refractivity contribution is -0.136. The number of thiazole rings is 1. The summed E-state index contributed by atoms with van der Waals surface area (Å²) in [4.78, 5) is 39.2. The number of esters is 1. The first-order valence-corrected chi connectivity index (χ1v) is 10.9. The molecule has 2 heterocycles. The van der Waals surface area contributed by atoms with E-state index in [1.807, 2.05) is 0 Å². The number of nitrogens with zero attached hydrogens (tertiary/aromatic N) is 2. The highest BCUT2D eigenvalue weighted by atomic mass is 79.9. The summed E-state index contributed by atoms with van der Waals surface area (Å²) in [6, 6.07) is 4.39. The van der Waals surface area contributed by atoms with Crippen molar-refractivity contribution in [1.82, 2.24) is 9.47 Å². The van der Waals surface area contributed by atoms with Gasteiger partial charge in [0.2, 0.25) is 5.91 Å². The van der Waals surface area contributed by atoms with Gasteiger partial charge in [0, 0.05) is 23.1 Å². The Morgan fingerprint density at radius 2 is 2.07 bits per heavy atom. The maximum absolute atomic E-state index is 14.1. The average Bonchev–Trinajstić information content (AvgIpc) is 3.00. The average molecular weight is 499 g/mol. The van der Waals surface area contributed by atoms with Crippen LogP contribution in [0.3, 0.4) is 0 Å². The van der Waals surface area contributed by atoms with Crippen LogP contribution in [-0.2, 0) is 25.6 Å². The second kappa shape index (κ2) is 10.1. The highest BCUT2D eigenvalue weighted by molar-refractivity contribution is 9.10. The summed E-state index contributed by atoms with van der Waals surface area (Å²) in [6.45, 7) is 3.38. The summed E-state index contributed by atoms with van der Waals surface area (Å²) in [5.74, 6) is -1.36. The number of carbonyl (C=O) groups excluding carboxylic acids is 2. The number of ether oxygens (including phenoxy) is 2. The number of hydrogen-bond acceptors (Lipinski definition) is 6. The van der Waals surface area contributed by atoms with E-state index in [2.05, 4.69) is 15.9 Å². The first-order chi connectivity index (χ1) is 14.4. The van der Waals surface area contributed by atoms with Crippen LogP contribution in [0.25, 0.3) is 12.2 Å². The Kier molecular flexibility index (Phi) is 7.57. The fraction of sp³-hybridized carbons (Fsp3) is 0.350. The summed E-state index contributed by atoms with van der Waals surface area (Å²) < 4.78 is 26.7. The standard InChI is InChI=1S/C20H20BrFN2O5S/c1-2-29-19(26)11-18-24(12-17(25)23-5-7-28-8-6-23)20(27)16(30-18)10-13-9-14(21)3-4-15(13)22/h3-4,9-11H,2,5-8,12H2,1H3/b16-10-,18-11+. The molecule has 0 saturated carbocycles. The van der Waals surface area contributed by atoms with Crippen LogP contribution in [0.1, 0.15) is 12.5 Å². The Morgan fingerprint density at radius 3 is 2.77 bits per heavy atom. The van der Waals surface area contributed by atoms with Crippen molar-refractivity contribution in [2.24, 2.45) is 0 Å². The number of carbonyl (C=O) groups is 2. The maximum atomic E-state index is 14.1. The number of amides is 1. The molecule has 1 aliphatic rings. The Labute approximate surface area is 184 Å². The lowest BCUT2D eigenvalue weighted by Gasteiger charge is -2.26. The first-order valence-electron chi connectivity index (χ1n) is 9.29. The van der Waals surface area contributed by atoms with Crippen molar-refractivity contribution in [3.8, 4) is 0 Å². The van der Waals surface area contributed by atoms with Crippen LogP contribution < -0.4 is 14.8 Å². The van der Waals surface area contributed by atoms with E-state index >= 15 is 0 Å². The van der Waals surface area contributed by atoms with Gasteiger partial charge in [-0.3, -0.25) is 14.2 Å². The van der Waals surface area contributed by atoms with Gasteiger partial charge in [-0.2, -0.15) is 0 Å². The van der Waals surface area contributed by atoms with Crippen molar-refractivity contribution in [1.29, 1.82) is 0 Å². The lowest BCUT2D eigenvalue weighted by atomic mass is 10.2. The van der Waals surface area contributed by atoms with Crippen LogP contribution in [0.4, 0.5) is 4.39 Å². The SMILES string of the molecule is CCOC(=O)/C=c1/s/c(=C\c2cc(Br)ccc2F)c(=O)n1CC(=O)N1CCOCC1. The second-order valence-corrected chi connectivity index (χ2v) is 8.37. The molecule has 3 rings (SSSR count). The van der Waals surface area contributed by atoms with Gasteiger partial charge in [-0.15, -0.1) is 11.3 Å². The van der Waals surface area contributed by atoms with Crippen LogP contribution in [-0.4, -0.2) is 54.3 Å². The Hall–Kier alpha value is -2.30. The molecule has 0 unspecified atom stereocenters. The zero-order valence-corrected chi connectivity index (χ0v) is 18.6. The van der Waals surface area contributed by atoms with Gasteiger partial charge in [0.25, 0.3) is 5.56 Å². The molecule has 0 bridgehead atoms. The van der Waals surface area contributed by atoms with Crippen molar-refractivity contribution in [3.63, 3.8) is 0 Å². The summed E-state index contributed by atoms with van der Waals surface area (Å²) in [6.07, 6.45) is 2.59. The van der Waals surface area contributed by atoms with Crippen molar-refractivity contribution in [2.45, 2.75) is 13.5 Å². The van der Waals surface area contributed by atoms with E-state index in [-0.39, 0.29) is 33.8 Å². The number of morpholine rings is 1. The predicted molar refractivity (Wildman–Crippen MR) is 114 cm³/mol. The van der Waals surface area contributed by atoms with Gasteiger partial charge < -0.3 is 14.4 Å². The van der Waals surface area contributed by atoms with E-state index in [1.54, 1.807) is 24.0 Å². The zero-order valence-electron chi connectivity index (χ0n) is 16.2. The molecule has 0 spiro atoms. The normalized spacial score (nSPS) is 15.5. The van der Waals surface area contributed by atoms with E-state index in [1.165, 1.54) is 22.8 Å². The van der Waals surface area contributed by atoms with Gasteiger partial charge in [0.1, 0.15) is 17.0 Å². The summed E-state index contributed by atoms with van der Waals surface area (Å²) in [7, 11) is 0. The Morgan fingerprint density at radius 1 is 1.33 bits per heavy atom. The smallest absolute Gasteiger partial charge is 0.333 e. The molecule has 0 aliphatic carbocycles. The minimum Gasteiger partial charge on any atom is -0.463 e. The lowest BCUT2D eigenvalue weighted by Crippen LogP contribution is -2.45. The minimum atomic E-state index is -0.619. The van der Waals surface area contributed by atoms with Gasteiger partial charge in [-0.05, 0) is 31.2 Å². The molecule has 10 heteroatoms. The highest BCUT2D eigenvalue weighted by Gasteiger charge is 2.19. The Bertz CT molecular complexity index is 1120. The number of halogens is 2. The fourth-order valence-corrected chi connectivity index (χ4v) is 4.29. The molecule has 0 N–H and O–H groups in total. The van der Waals surface area contributed by atoms with Gasteiger partial charge in [0.15, 0.2) is 0 Å². The summed E-state index contributed by atoms with van der Waals surface area (Å²) in [5, 5.41) is 0. The quantitative estimate of drug-likeness (QED) is 0.571. The molecule has 1 aromatic carbocycles. The first kappa shape index (κ1) is 22.4. The van der Waals surface area contributed by atoms with E-state index in [9.17, 15) is 18.8 Å². The van der Waals surface area contributed by atoms with E-state index in [0.717, 1.165) is 11.3 Å². The van der Waals surface area contributed by atoms with Crippen LogP contribution in [0.5, 0.6) is 0 Å². The molecule has 0 atom stereocenters. The van der Waals surface area contributed by atoms with Crippen LogP contribution >= 0.6 is 27.3 Å². The highest BCUT2D eigenvalue weighted by Crippen LogP contribution is 2.15. The van der Waals surface area contributed by atoms with E-state index in [4.69, 9.17) is 9.47 Å². The molecule has 1 aromatic heterocycles. The molecule has 1 aliphatic heterocycles. The minimum absolute atomic E-state index is 0.180. The third-order valence-electron chi connectivity index (χ3n) is 4.37. The van der Waals surface area contributed by atoms with E-state index in [0.29, 0.717) is 30.8 Å².